The van der Waals surface area contributed by atoms with Crippen LogP contribution in [0, 0.1) is 0 Å². The van der Waals surface area contributed by atoms with Crippen LogP contribution in [-0.4, -0.2) is 17.0 Å². The van der Waals surface area contributed by atoms with Gasteiger partial charge in [0.2, 0.25) is 0 Å². The molecule has 0 atom stereocenters. The zero-order chi connectivity index (χ0) is 20.1. The van der Waals surface area contributed by atoms with E-state index < -0.39 is 5.76 Å². The van der Waals surface area contributed by atoms with Crippen LogP contribution in [0.3, 0.4) is 0 Å². The van der Waals surface area contributed by atoms with Gasteiger partial charge in [-0.25, -0.2) is 4.79 Å². The summed E-state index contributed by atoms with van der Waals surface area (Å²) in [6, 6.07) is 25.0. The van der Waals surface area contributed by atoms with Gasteiger partial charge in [0.15, 0.2) is 5.58 Å². The fourth-order valence-corrected chi connectivity index (χ4v) is 3.36. The van der Waals surface area contributed by atoms with Gasteiger partial charge in [-0.1, -0.05) is 60.7 Å². The van der Waals surface area contributed by atoms with Crippen molar-refractivity contribution in [2.45, 2.75) is 19.4 Å². The SMILES string of the molecule is O=C(NCCCc1ccccc1)c1ccc2oc(=O)n(Cc3ccccc3)c2c1. The van der Waals surface area contributed by atoms with Crippen molar-refractivity contribution in [3.8, 4) is 0 Å². The van der Waals surface area contributed by atoms with Gasteiger partial charge in [0.05, 0.1) is 12.1 Å². The molecule has 4 rings (SSSR count). The van der Waals surface area contributed by atoms with Crippen molar-refractivity contribution < 1.29 is 9.21 Å². The van der Waals surface area contributed by atoms with Gasteiger partial charge in [0, 0.05) is 12.1 Å². The zero-order valence-corrected chi connectivity index (χ0v) is 16.0. The number of hydrogen-bond donors (Lipinski definition) is 1. The number of benzene rings is 3. The predicted molar refractivity (Wildman–Crippen MR) is 113 cm³/mol. The molecule has 0 saturated carbocycles. The van der Waals surface area contributed by atoms with Crippen LogP contribution in [0.2, 0.25) is 0 Å². The number of oxazole rings is 1. The summed E-state index contributed by atoms with van der Waals surface area (Å²) in [5.74, 6) is -0.579. The number of carbonyl (C=O) groups is 1. The van der Waals surface area contributed by atoms with E-state index in [1.165, 1.54) is 5.56 Å². The minimum Gasteiger partial charge on any atom is -0.408 e. The first-order valence-corrected chi connectivity index (χ1v) is 9.70. The number of aryl methyl sites for hydroxylation is 1. The standard InChI is InChI=1S/C24H22N2O3/c27-23(25-15-7-12-18-8-3-1-4-9-18)20-13-14-22-21(16-20)26(24(28)29-22)17-19-10-5-2-6-11-19/h1-6,8-11,13-14,16H,7,12,15,17H2,(H,25,27). The number of aromatic nitrogens is 1. The second-order valence-corrected chi connectivity index (χ2v) is 6.97. The van der Waals surface area contributed by atoms with Gasteiger partial charge < -0.3 is 9.73 Å². The molecule has 0 saturated heterocycles. The number of hydrogen-bond acceptors (Lipinski definition) is 3. The third-order valence-corrected chi connectivity index (χ3v) is 4.88. The first-order chi connectivity index (χ1) is 14.2. The van der Waals surface area contributed by atoms with E-state index in [4.69, 9.17) is 4.42 Å². The molecule has 1 heterocycles. The fourth-order valence-electron chi connectivity index (χ4n) is 3.36. The van der Waals surface area contributed by atoms with Crippen LogP contribution in [0.15, 0.2) is 88.1 Å². The number of amides is 1. The Hall–Kier alpha value is -3.60. The number of nitrogens with zero attached hydrogens (tertiary/aromatic N) is 1. The van der Waals surface area contributed by atoms with E-state index in [2.05, 4.69) is 17.4 Å². The fraction of sp³-hybridized carbons (Fsp3) is 0.167. The van der Waals surface area contributed by atoms with Gasteiger partial charge in [-0.15, -0.1) is 0 Å². The lowest BCUT2D eigenvalue weighted by molar-refractivity contribution is 0.0953. The molecule has 0 aliphatic heterocycles. The predicted octanol–water partition coefficient (Wildman–Crippen LogP) is 4.01. The molecule has 0 radical (unpaired) electrons. The highest BCUT2D eigenvalue weighted by Gasteiger charge is 2.13. The lowest BCUT2D eigenvalue weighted by atomic mass is 10.1. The van der Waals surface area contributed by atoms with Crippen LogP contribution < -0.4 is 11.1 Å². The Morgan fingerprint density at radius 1 is 0.897 bits per heavy atom. The Morgan fingerprint density at radius 2 is 1.59 bits per heavy atom. The van der Waals surface area contributed by atoms with Crippen LogP contribution in [0.1, 0.15) is 27.9 Å². The minimum absolute atomic E-state index is 0.153. The molecule has 0 aliphatic carbocycles. The van der Waals surface area contributed by atoms with E-state index in [0.717, 1.165) is 18.4 Å². The quantitative estimate of drug-likeness (QED) is 0.488. The largest absolute Gasteiger partial charge is 0.420 e. The number of carbonyl (C=O) groups excluding carboxylic acids is 1. The van der Waals surface area contributed by atoms with Crippen molar-refractivity contribution in [2.24, 2.45) is 0 Å². The normalized spacial score (nSPS) is 10.9. The van der Waals surface area contributed by atoms with E-state index in [0.29, 0.717) is 29.8 Å². The highest BCUT2D eigenvalue weighted by molar-refractivity contribution is 5.97. The molecule has 1 N–H and O–H groups in total. The summed E-state index contributed by atoms with van der Waals surface area (Å²) in [4.78, 5) is 24.8. The molecular weight excluding hydrogens is 364 g/mol. The maximum atomic E-state index is 12.5. The van der Waals surface area contributed by atoms with Gasteiger partial charge in [0.1, 0.15) is 0 Å². The van der Waals surface area contributed by atoms with Crippen LogP contribution in [-0.2, 0) is 13.0 Å². The zero-order valence-electron chi connectivity index (χ0n) is 16.0. The molecule has 3 aromatic carbocycles. The smallest absolute Gasteiger partial charge is 0.408 e. The van der Waals surface area contributed by atoms with Crippen molar-refractivity contribution in [1.82, 2.24) is 9.88 Å². The molecule has 146 valence electrons. The molecule has 0 unspecified atom stereocenters. The monoisotopic (exact) mass is 386 g/mol. The Bertz CT molecular complexity index is 1160. The van der Waals surface area contributed by atoms with Crippen LogP contribution in [0.5, 0.6) is 0 Å². The molecule has 29 heavy (non-hydrogen) atoms. The first kappa shape index (κ1) is 18.7. The van der Waals surface area contributed by atoms with Gasteiger partial charge >= 0.3 is 5.76 Å². The number of nitrogens with one attached hydrogen (secondary N) is 1. The van der Waals surface area contributed by atoms with Crippen molar-refractivity contribution in [3.63, 3.8) is 0 Å². The van der Waals surface area contributed by atoms with Crippen molar-refractivity contribution in [3.05, 3.63) is 106 Å². The topological polar surface area (TPSA) is 64.2 Å². The average molecular weight is 386 g/mol. The van der Waals surface area contributed by atoms with Crippen LogP contribution in [0.4, 0.5) is 0 Å². The number of fused-ring (bicyclic) bond motifs is 1. The van der Waals surface area contributed by atoms with Gasteiger partial charge in [-0.05, 0) is 42.2 Å². The highest BCUT2D eigenvalue weighted by Crippen LogP contribution is 2.17. The lowest BCUT2D eigenvalue weighted by Crippen LogP contribution is -2.24. The van der Waals surface area contributed by atoms with E-state index in [9.17, 15) is 9.59 Å². The minimum atomic E-state index is -0.427. The second-order valence-electron chi connectivity index (χ2n) is 6.97. The summed E-state index contributed by atoms with van der Waals surface area (Å²) >= 11 is 0. The molecule has 1 aromatic heterocycles. The molecule has 0 spiro atoms. The Kier molecular flexibility index (Phi) is 5.56. The maximum Gasteiger partial charge on any atom is 0.420 e. The third-order valence-electron chi connectivity index (χ3n) is 4.88. The highest BCUT2D eigenvalue weighted by atomic mass is 16.4. The van der Waals surface area contributed by atoms with Gasteiger partial charge in [-0.3, -0.25) is 9.36 Å². The second kappa shape index (κ2) is 8.61. The molecule has 5 nitrogen and oxygen atoms in total. The molecule has 1 amide bonds. The Balaban J connectivity index is 1.45. The van der Waals surface area contributed by atoms with E-state index in [1.807, 2.05) is 48.5 Å². The van der Waals surface area contributed by atoms with Gasteiger partial charge in [0.25, 0.3) is 5.91 Å². The summed E-state index contributed by atoms with van der Waals surface area (Å²) in [7, 11) is 0. The molecule has 0 aliphatic rings. The summed E-state index contributed by atoms with van der Waals surface area (Å²) in [6.45, 7) is 0.989. The van der Waals surface area contributed by atoms with Crippen molar-refractivity contribution >= 4 is 17.0 Å². The third kappa shape index (κ3) is 4.46. The molecule has 0 fully saturated rings. The van der Waals surface area contributed by atoms with E-state index in [-0.39, 0.29) is 5.91 Å². The molecule has 4 aromatic rings. The number of rotatable bonds is 7. The van der Waals surface area contributed by atoms with E-state index in [1.54, 1.807) is 22.8 Å². The first-order valence-electron chi connectivity index (χ1n) is 9.70. The summed E-state index contributed by atoms with van der Waals surface area (Å²) < 4.78 is 6.88. The van der Waals surface area contributed by atoms with E-state index >= 15 is 0 Å². The average Bonchev–Trinajstić information content (AvgIpc) is 3.07. The van der Waals surface area contributed by atoms with Crippen molar-refractivity contribution in [1.29, 1.82) is 0 Å². The summed E-state index contributed by atoms with van der Waals surface area (Å²) in [6.07, 6.45) is 1.78. The Morgan fingerprint density at radius 3 is 2.31 bits per heavy atom. The molecule has 5 heteroatoms. The van der Waals surface area contributed by atoms with Crippen LogP contribution >= 0.6 is 0 Å². The molecular formula is C24H22N2O3. The maximum absolute atomic E-state index is 12.5. The molecule has 0 bridgehead atoms. The summed E-state index contributed by atoms with van der Waals surface area (Å²) in [5, 5.41) is 2.95. The Labute approximate surface area is 168 Å². The van der Waals surface area contributed by atoms with Crippen molar-refractivity contribution in [2.75, 3.05) is 6.54 Å². The van der Waals surface area contributed by atoms with Gasteiger partial charge in [-0.2, -0.15) is 0 Å². The summed E-state index contributed by atoms with van der Waals surface area (Å²) in [5.41, 5.74) is 3.86. The lowest BCUT2D eigenvalue weighted by Gasteiger charge is -2.07. The van der Waals surface area contributed by atoms with Crippen LogP contribution in [0.25, 0.3) is 11.1 Å².